The van der Waals surface area contributed by atoms with E-state index in [1.54, 1.807) is 18.7 Å². The zero-order valence-corrected chi connectivity index (χ0v) is 9.02. The van der Waals surface area contributed by atoms with E-state index in [4.69, 9.17) is 5.11 Å². The second kappa shape index (κ2) is 5.07. The number of rotatable bonds is 4. The van der Waals surface area contributed by atoms with Gasteiger partial charge in [-0.2, -0.15) is 0 Å². The van der Waals surface area contributed by atoms with Crippen molar-refractivity contribution in [3.63, 3.8) is 0 Å². The summed E-state index contributed by atoms with van der Waals surface area (Å²) < 4.78 is 1.91. The van der Waals surface area contributed by atoms with Gasteiger partial charge >= 0.3 is 5.97 Å². The van der Waals surface area contributed by atoms with Crippen LogP contribution in [0.25, 0.3) is 6.08 Å². The molecule has 0 saturated carbocycles. The van der Waals surface area contributed by atoms with Gasteiger partial charge < -0.3 is 9.67 Å². The first-order valence-electron chi connectivity index (χ1n) is 5.06. The highest BCUT2D eigenvalue weighted by molar-refractivity contribution is 5.85. The van der Waals surface area contributed by atoms with Crippen molar-refractivity contribution in [1.29, 1.82) is 0 Å². The molecule has 0 saturated heterocycles. The smallest absolute Gasteiger partial charge is 0.328 e. The Balaban J connectivity index is 2.05. The molecule has 2 aromatic rings. The van der Waals surface area contributed by atoms with E-state index < -0.39 is 5.97 Å². The van der Waals surface area contributed by atoms with Crippen LogP contribution in [0, 0.1) is 0 Å². The van der Waals surface area contributed by atoms with Crippen LogP contribution in [0.1, 0.15) is 11.3 Å². The third kappa shape index (κ3) is 3.27. The average Bonchev–Trinajstić information content (AvgIpc) is 2.81. The first kappa shape index (κ1) is 11.1. The summed E-state index contributed by atoms with van der Waals surface area (Å²) in [5.41, 5.74) is 1.66. The first-order chi connectivity index (χ1) is 8.24. The Kier molecular flexibility index (Phi) is 3.30. The monoisotopic (exact) mass is 229 g/mol. The maximum absolute atomic E-state index is 10.3. The third-order valence-electron chi connectivity index (χ3n) is 2.17. The molecular weight excluding hydrogens is 218 g/mol. The van der Waals surface area contributed by atoms with Crippen molar-refractivity contribution >= 4 is 12.0 Å². The molecular formula is C12H11N3O2. The quantitative estimate of drug-likeness (QED) is 0.805. The fraction of sp³-hybridized carbons (Fsp3) is 0.0833. The molecule has 0 aliphatic rings. The summed E-state index contributed by atoms with van der Waals surface area (Å²) in [5, 5.41) is 8.48. The lowest BCUT2D eigenvalue weighted by atomic mass is 10.2. The first-order valence-corrected chi connectivity index (χ1v) is 5.06. The van der Waals surface area contributed by atoms with E-state index in [0.29, 0.717) is 6.54 Å². The molecule has 2 rings (SSSR count). The number of carboxylic acids is 1. The normalized spacial score (nSPS) is 10.8. The molecule has 17 heavy (non-hydrogen) atoms. The Morgan fingerprint density at radius 3 is 2.94 bits per heavy atom. The van der Waals surface area contributed by atoms with Crippen LogP contribution in [0.15, 0.2) is 43.1 Å². The summed E-state index contributed by atoms with van der Waals surface area (Å²) in [6, 6.07) is 3.69. The molecule has 1 N–H and O–H groups in total. The Hall–Kier alpha value is -2.43. The van der Waals surface area contributed by atoms with E-state index in [-0.39, 0.29) is 0 Å². The SMILES string of the molecule is O=C(O)/C=C/c1ccc(Cn2ccnc2)nc1. The number of nitrogens with zero attached hydrogens (tertiary/aromatic N) is 3. The molecule has 0 aromatic carbocycles. The van der Waals surface area contributed by atoms with Crippen molar-refractivity contribution in [3.05, 3.63) is 54.4 Å². The molecule has 0 spiro atoms. The molecule has 0 aliphatic heterocycles. The molecule has 0 unspecified atom stereocenters. The highest BCUT2D eigenvalue weighted by Crippen LogP contribution is 2.04. The fourth-order valence-corrected chi connectivity index (χ4v) is 1.36. The van der Waals surface area contributed by atoms with Crippen molar-refractivity contribution in [3.8, 4) is 0 Å². The topological polar surface area (TPSA) is 68.0 Å². The van der Waals surface area contributed by atoms with Crippen molar-refractivity contribution in [2.24, 2.45) is 0 Å². The van der Waals surface area contributed by atoms with Gasteiger partial charge in [-0.25, -0.2) is 9.78 Å². The zero-order valence-electron chi connectivity index (χ0n) is 9.02. The molecule has 0 radical (unpaired) electrons. The summed E-state index contributed by atoms with van der Waals surface area (Å²) in [6.45, 7) is 0.656. The van der Waals surface area contributed by atoms with Crippen LogP contribution in [0.2, 0.25) is 0 Å². The minimum atomic E-state index is -0.965. The predicted molar refractivity (Wildman–Crippen MR) is 62.2 cm³/mol. The second-order valence-electron chi connectivity index (χ2n) is 3.49. The molecule has 0 aliphatic carbocycles. The van der Waals surface area contributed by atoms with E-state index in [2.05, 4.69) is 9.97 Å². The Labute approximate surface area is 98.1 Å². The zero-order chi connectivity index (χ0) is 12.1. The Morgan fingerprint density at radius 1 is 1.47 bits per heavy atom. The molecule has 2 aromatic heterocycles. The van der Waals surface area contributed by atoms with Crippen LogP contribution in [0.5, 0.6) is 0 Å². The maximum atomic E-state index is 10.3. The average molecular weight is 229 g/mol. The molecule has 0 fully saturated rings. The van der Waals surface area contributed by atoms with Gasteiger partial charge in [0.1, 0.15) is 0 Å². The molecule has 0 amide bonds. The highest BCUT2D eigenvalue weighted by Gasteiger charge is 1.96. The van der Waals surface area contributed by atoms with Crippen molar-refractivity contribution in [2.45, 2.75) is 6.54 Å². The summed E-state index contributed by atoms with van der Waals surface area (Å²) in [6.07, 6.45) is 9.54. The number of pyridine rings is 1. The van der Waals surface area contributed by atoms with E-state index in [0.717, 1.165) is 17.3 Å². The van der Waals surface area contributed by atoms with Gasteiger partial charge in [-0.1, -0.05) is 6.07 Å². The van der Waals surface area contributed by atoms with Gasteiger partial charge in [0.15, 0.2) is 0 Å². The third-order valence-corrected chi connectivity index (χ3v) is 2.17. The van der Waals surface area contributed by atoms with Crippen LogP contribution in [0.3, 0.4) is 0 Å². The molecule has 0 atom stereocenters. The molecule has 2 heterocycles. The van der Waals surface area contributed by atoms with Gasteiger partial charge in [0.2, 0.25) is 0 Å². The number of aliphatic carboxylic acids is 1. The molecule has 5 heteroatoms. The van der Waals surface area contributed by atoms with Crippen molar-refractivity contribution in [1.82, 2.24) is 14.5 Å². The minimum Gasteiger partial charge on any atom is -0.478 e. The van der Waals surface area contributed by atoms with Gasteiger partial charge in [0.05, 0.1) is 18.6 Å². The fourth-order valence-electron chi connectivity index (χ4n) is 1.36. The van der Waals surface area contributed by atoms with Gasteiger partial charge in [-0.05, 0) is 17.7 Å². The lowest BCUT2D eigenvalue weighted by molar-refractivity contribution is -0.131. The predicted octanol–water partition coefficient (Wildman–Crippen LogP) is 1.42. The number of hydrogen-bond donors (Lipinski definition) is 1. The number of carboxylic acid groups (broad SMARTS) is 1. The lowest BCUT2D eigenvalue weighted by Crippen LogP contribution is -1.98. The number of hydrogen-bond acceptors (Lipinski definition) is 3. The maximum Gasteiger partial charge on any atom is 0.328 e. The number of carbonyl (C=O) groups is 1. The van der Waals surface area contributed by atoms with Crippen LogP contribution in [0.4, 0.5) is 0 Å². The Bertz CT molecular complexity index is 515. The summed E-state index contributed by atoms with van der Waals surface area (Å²) in [4.78, 5) is 18.5. The molecule has 0 bridgehead atoms. The van der Waals surface area contributed by atoms with E-state index in [1.807, 2.05) is 22.9 Å². The van der Waals surface area contributed by atoms with Gasteiger partial charge in [-0.15, -0.1) is 0 Å². The lowest BCUT2D eigenvalue weighted by Gasteiger charge is -2.01. The summed E-state index contributed by atoms with van der Waals surface area (Å²) in [5.74, 6) is -0.965. The molecule has 86 valence electrons. The van der Waals surface area contributed by atoms with Gasteiger partial charge in [0, 0.05) is 24.7 Å². The summed E-state index contributed by atoms with van der Waals surface area (Å²) in [7, 11) is 0. The van der Waals surface area contributed by atoms with E-state index >= 15 is 0 Å². The largest absolute Gasteiger partial charge is 0.478 e. The minimum absolute atomic E-state index is 0.656. The van der Waals surface area contributed by atoms with E-state index in [1.165, 1.54) is 6.08 Å². The van der Waals surface area contributed by atoms with Crippen LogP contribution < -0.4 is 0 Å². The number of aromatic nitrogens is 3. The number of imidazole rings is 1. The highest BCUT2D eigenvalue weighted by atomic mass is 16.4. The van der Waals surface area contributed by atoms with Crippen molar-refractivity contribution in [2.75, 3.05) is 0 Å². The standard InChI is InChI=1S/C12H11N3O2/c16-12(17)4-2-10-1-3-11(14-7-10)8-15-6-5-13-9-15/h1-7,9H,8H2,(H,16,17)/b4-2+. The van der Waals surface area contributed by atoms with E-state index in [9.17, 15) is 4.79 Å². The van der Waals surface area contributed by atoms with Crippen LogP contribution in [-0.2, 0) is 11.3 Å². The molecule has 5 nitrogen and oxygen atoms in total. The second-order valence-corrected chi connectivity index (χ2v) is 3.49. The summed E-state index contributed by atoms with van der Waals surface area (Å²) >= 11 is 0. The van der Waals surface area contributed by atoms with Crippen LogP contribution in [-0.4, -0.2) is 25.6 Å². The van der Waals surface area contributed by atoms with Crippen molar-refractivity contribution < 1.29 is 9.90 Å². The Morgan fingerprint density at radius 2 is 2.35 bits per heavy atom. The van der Waals surface area contributed by atoms with Gasteiger partial charge in [-0.3, -0.25) is 4.98 Å². The van der Waals surface area contributed by atoms with Crippen LogP contribution >= 0.6 is 0 Å². The van der Waals surface area contributed by atoms with Gasteiger partial charge in [0.25, 0.3) is 0 Å².